The van der Waals surface area contributed by atoms with Crippen LogP contribution < -0.4 is 5.32 Å². The fourth-order valence-electron chi connectivity index (χ4n) is 1.46. The Morgan fingerprint density at radius 2 is 1.72 bits per heavy atom. The minimum atomic E-state index is -4.39. The van der Waals surface area contributed by atoms with Crippen LogP contribution in [-0.2, 0) is 6.18 Å². The van der Waals surface area contributed by atoms with Gasteiger partial charge in [-0.25, -0.2) is 4.98 Å². The number of benzene rings is 1. The van der Waals surface area contributed by atoms with Crippen LogP contribution in [0.15, 0.2) is 47.1 Å². The van der Waals surface area contributed by atoms with Crippen LogP contribution in [0.3, 0.4) is 0 Å². The third-order valence-electron chi connectivity index (χ3n) is 2.21. The van der Waals surface area contributed by atoms with Crippen molar-refractivity contribution in [3.63, 3.8) is 0 Å². The molecule has 94 valence electrons. The van der Waals surface area contributed by atoms with Crippen molar-refractivity contribution in [1.29, 1.82) is 0 Å². The van der Waals surface area contributed by atoms with Gasteiger partial charge in [0.15, 0.2) is 0 Å². The van der Waals surface area contributed by atoms with E-state index in [0.29, 0.717) is 10.4 Å². The number of halogens is 4. The van der Waals surface area contributed by atoms with Crippen LogP contribution in [-0.4, -0.2) is 4.98 Å². The summed E-state index contributed by atoms with van der Waals surface area (Å²) < 4.78 is 38.8. The number of para-hydroxylation sites is 1. The van der Waals surface area contributed by atoms with Gasteiger partial charge in [0, 0.05) is 0 Å². The molecule has 0 aliphatic heterocycles. The molecule has 18 heavy (non-hydrogen) atoms. The first-order valence-electron chi connectivity index (χ1n) is 5.02. The highest BCUT2D eigenvalue weighted by Crippen LogP contribution is 2.35. The lowest BCUT2D eigenvalue weighted by Gasteiger charge is -2.13. The first-order chi connectivity index (χ1) is 8.47. The Labute approximate surface area is 110 Å². The lowest BCUT2D eigenvalue weighted by atomic mass is 10.1. The molecule has 2 rings (SSSR count). The van der Waals surface area contributed by atoms with E-state index < -0.39 is 11.7 Å². The molecule has 0 saturated carbocycles. The molecule has 0 amide bonds. The molecule has 2 nitrogen and oxygen atoms in total. The predicted octanol–water partition coefficient (Wildman–Crippen LogP) is 4.61. The van der Waals surface area contributed by atoms with E-state index in [0.717, 1.165) is 6.07 Å². The normalized spacial score (nSPS) is 11.3. The minimum Gasteiger partial charge on any atom is -0.340 e. The number of alkyl halides is 3. The standard InChI is InChI=1S/C12H8BrF3N2/c13-10-6-3-7-11(18-10)17-9-5-2-1-4-8(9)12(14,15)16/h1-7H,(H,17,18). The quantitative estimate of drug-likeness (QED) is 0.819. The van der Waals surface area contributed by atoms with Crippen LogP contribution in [0, 0.1) is 0 Å². The summed E-state index contributed by atoms with van der Waals surface area (Å²) in [6.07, 6.45) is -4.39. The third-order valence-corrected chi connectivity index (χ3v) is 2.65. The molecule has 0 atom stereocenters. The number of hydrogen-bond donors (Lipinski definition) is 1. The highest BCUT2D eigenvalue weighted by Gasteiger charge is 2.33. The molecule has 0 aliphatic carbocycles. The monoisotopic (exact) mass is 316 g/mol. The molecular weight excluding hydrogens is 309 g/mol. The van der Waals surface area contributed by atoms with Crippen LogP contribution in [0.25, 0.3) is 0 Å². The summed E-state index contributed by atoms with van der Waals surface area (Å²) >= 11 is 3.16. The fraction of sp³-hybridized carbons (Fsp3) is 0.0833. The third kappa shape index (κ3) is 3.01. The molecular formula is C12H8BrF3N2. The van der Waals surface area contributed by atoms with Crippen molar-refractivity contribution in [1.82, 2.24) is 4.98 Å². The van der Waals surface area contributed by atoms with E-state index in [4.69, 9.17) is 0 Å². The number of anilines is 2. The van der Waals surface area contributed by atoms with Gasteiger partial charge in [-0.05, 0) is 40.2 Å². The van der Waals surface area contributed by atoms with E-state index in [1.54, 1.807) is 18.2 Å². The second-order valence-electron chi connectivity index (χ2n) is 3.51. The molecule has 0 unspecified atom stereocenters. The summed E-state index contributed by atoms with van der Waals surface area (Å²) in [5.74, 6) is 0.348. The fourth-order valence-corrected chi connectivity index (χ4v) is 1.80. The molecule has 0 saturated heterocycles. The van der Waals surface area contributed by atoms with Crippen molar-refractivity contribution < 1.29 is 13.2 Å². The van der Waals surface area contributed by atoms with Gasteiger partial charge in [-0.3, -0.25) is 0 Å². The van der Waals surface area contributed by atoms with Crippen molar-refractivity contribution in [2.45, 2.75) is 6.18 Å². The Bertz CT molecular complexity index is 555. The molecule has 0 spiro atoms. The van der Waals surface area contributed by atoms with E-state index in [9.17, 15) is 13.2 Å². The average molecular weight is 317 g/mol. The first kappa shape index (κ1) is 12.9. The van der Waals surface area contributed by atoms with Crippen LogP contribution in [0.5, 0.6) is 0 Å². The van der Waals surface area contributed by atoms with Crippen molar-refractivity contribution in [3.05, 3.63) is 52.6 Å². The average Bonchev–Trinajstić information content (AvgIpc) is 2.28. The minimum absolute atomic E-state index is 0.0180. The largest absolute Gasteiger partial charge is 0.418 e. The lowest BCUT2D eigenvalue weighted by Crippen LogP contribution is -2.08. The van der Waals surface area contributed by atoms with Crippen LogP contribution >= 0.6 is 15.9 Å². The van der Waals surface area contributed by atoms with Gasteiger partial charge in [0.05, 0.1) is 11.3 Å². The lowest BCUT2D eigenvalue weighted by molar-refractivity contribution is -0.136. The Balaban J connectivity index is 2.35. The second kappa shape index (κ2) is 4.97. The summed E-state index contributed by atoms with van der Waals surface area (Å²) in [7, 11) is 0. The molecule has 1 heterocycles. The van der Waals surface area contributed by atoms with E-state index in [1.807, 2.05) is 0 Å². The molecule has 6 heteroatoms. The zero-order chi connectivity index (χ0) is 13.2. The number of nitrogens with zero attached hydrogens (tertiary/aromatic N) is 1. The maximum absolute atomic E-state index is 12.8. The zero-order valence-electron chi connectivity index (χ0n) is 9.00. The molecule has 2 aromatic rings. The second-order valence-corrected chi connectivity index (χ2v) is 4.33. The van der Waals surface area contributed by atoms with Gasteiger partial charge in [-0.15, -0.1) is 0 Å². The summed E-state index contributed by atoms with van der Waals surface area (Å²) in [6.45, 7) is 0. The van der Waals surface area contributed by atoms with E-state index >= 15 is 0 Å². The number of nitrogens with one attached hydrogen (secondary N) is 1. The van der Waals surface area contributed by atoms with Gasteiger partial charge >= 0.3 is 6.18 Å². The maximum atomic E-state index is 12.8. The van der Waals surface area contributed by atoms with Gasteiger partial charge in [-0.1, -0.05) is 18.2 Å². The SMILES string of the molecule is FC(F)(F)c1ccccc1Nc1cccc(Br)n1. The Hall–Kier alpha value is -1.56. The van der Waals surface area contributed by atoms with Crippen LogP contribution in [0.2, 0.25) is 0 Å². The van der Waals surface area contributed by atoms with Gasteiger partial charge in [0.25, 0.3) is 0 Å². The summed E-state index contributed by atoms with van der Waals surface area (Å²) in [4.78, 5) is 4.03. The van der Waals surface area contributed by atoms with E-state index in [-0.39, 0.29) is 5.69 Å². The smallest absolute Gasteiger partial charge is 0.340 e. The first-order valence-corrected chi connectivity index (χ1v) is 5.82. The number of rotatable bonds is 2. The van der Waals surface area contributed by atoms with Crippen LogP contribution in [0.4, 0.5) is 24.7 Å². The number of pyridine rings is 1. The van der Waals surface area contributed by atoms with Crippen LogP contribution in [0.1, 0.15) is 5.56 Å². The summed E-state index contributed by atoms with van der Waals surface area (Å²) in [5, 5.41) is 2.66. The Morgan fingerprint density at radius 1 is 1.00 bits per heavy atom. The molecule has 0 bridgehead atoms. The molecule has 0 fully saturated rings. The molecule has 1 aromatic heterocycles. The van der Waals surface area contributed by atoms with Crippen molar-refractivity contribution in [3.8, 4) is 0 Å². The summed E-state index contributed by atoms with van der Waals surface area (Å²) in [6, 6.07) is 10.3. The van der Waals surface area contributed by atoms with Crippen molar-refractivity contribution in [2.75, 3.05) is 5.32 Å². The highest BCUT2D eigenvalue weighted by atomic mass is 79.9. The highest BCUT2D eigenvalue weighted by molar-refractivity contribution is 9.10. The van der Waals surface area contributed by atoms with Gasteiger partial charge in [0.2, 0.25) is 0 Å². The number of hydrogen-bond acceptors (Lipinski definition) is 2. The van der Waals surface area contributed by atoms with E-state index in [1.165, 1.54) is 18.2 Å². The molecule has 1 N–H and O–H groups in total. The van der Waals surface area contributed by atoms with E-state index in [2.05, 4.69) is 26.2 Å². The molecule has 1 aromatic carbocycles. The van der Waals surface area contributed by atoms with Gasteiger partial charge in [0.1, 0.15) is 10.4 Å². The summed E-state index contributed by atoms with van der Waals surface area (Å²) in [5.41, 5.74) is -0.734. The van der Waals surface area contributed by atoms with Crippen molar-refractivity contribution in [2.24, 2.45) is 0 Å². The van der Waals surface area contributed by atoms with Gasteiger partial charge < -0.3 is 5.32 Å². The Morgan fingerprint density at radius 3 is 2.39 bits per heavy atom. The van der Waals surface area contributed by atoms with Crippen molar-refractivity contribution >= 4 is 27.4 Å². The molecule has 0 aliphatic rings. The Kier molecular flexibility index (Phi) is 3.56. The number of aromatic nitrogens is 1. The topological polar surface area (TPSA) is 24.9 Å². The zero-order valence-corrected chi connectivity index (χ0v) is 10.6. The van der Waals surface area contributed by atoms with Gasteiger partial charge in [-0.2, -0.15) is 13.2 Å². The maximum Gasteiger partial charge on any atom is 0.418 e. The predicted molar refractivity (Wildman–Crippen MR) is 66.7 cm³/mol. The molecule has 0 radical (unpaired) electrons.